The average Bonchev–Trinajstić information content (AvgIpc) is 3.56. The molecule has 1 aromatic heterocycles. The molecule has 1 heterocycles. The van der Waals surface area contributed by atoms with E-state index < -0.39 is 0 Å². The molecule has 0 radical (unpaired) electrons. The van der Waals surface area contributed by atoms with Gasteiger partial charge in [0.25, 0.3) is 0 Å². The Morgan fingerprint density at radius 1 is 0.488 bits per heavy atom. The van der Waals surface area contributed by atoms with Gasteiger partial charge < -0.3 is 14.7 Å². The van der Waals surface area contributed by atoms with Gasteiger partial charge in [0.1, 0.15) is 0 Å². The van der Waals surface area contributed by atoms with E-state index in [1.165, 1.54) is 73.0 Å². The maximum Gasteiger partial charge on any atom is 0.0707 e. The molecule has 0 fully saturated rings. The molecule has 0 aliphatic heterocycles. The summed E-state index contributed by atoms with van der Waals surface area (Å²) in [4.78, 5) is 11.9. The van der Waals surface area contributed by atoms with Crippen LogP contribution in [0.25, 0.3) is 34.4 Å². The largest absolute Gasteiger partial charge is 0.378 e. The number of pyridine rings is 1. The van der Waals surface area contributed by atoms with Gasteiger partial charge in [0.05, 0.1) is 11.4 Å². The van der Waals surface area contributed by atoms with Gasteiger partial charge in [0.2, 0.25) is 0 Å². The summed E-state index contributed by atoms with van der Waals surface area (Å²) < 4.78 is 0. The number of nitrogens with zero attached hydrogens (tertiary/aromatic N) is 4. The van der Waals surface area contributed by atoms with Gasteiger partial charge in [0.15, 0.2) is 0 Å². The molecule has 41 heavy (non-hydrogen) atoms. The fraction of sp³-hybridized carbons (Fsp3) is 0.270. The highest BCUT2D eigenvalue weighted by molar-refractivity contribution is 5.93. The summed E-state index contributed by atoms with van der Waals surface area (Å²) in [6.45, 7) is 0. The van der Waals surface area contributed by atoms with E-state index in [-0.39, 0.29) is 0 Å². The second kappa shape index (κ2) is 10.9. The lowest BCUT2D eigenvalue weighted by atomic mass is 9.92. The second-order valence-corrected chi connectivity index (χ2v) is 11.9. The highest BCUT2D eigenvalue weighted by Crippen LogP contribution is 2.46. The molecule has 0 unspecified atom stereocenters. The first kappa shape index (κ1) is 26.9. The standard InChI is InChI=1S/C37H40N4/c1-39(2)30-15-7-25(8-16-30)23-28-13-21-33-35(27-11-19-32(20-12-27)41(5)6)34-22-14-29(37(34)38-36(28)33)24-26-9-17-31(18-10-26)40(3)4/h7-12,15-20,23-24H,13-14,21-22H2,1-6H3/b28-23+,29-24+. The Bertz CT molecular complexity index is 1530. The summed E-state index contributed by atoms with van der Waals surface area (Å²) >= 11 is 0. The third kappa shape index (κ3) is 5.27. The zero-order valence-electron chi connectivity index (χ0n) is 25.2. The predicted molar refractivity (Wildman–Crippen MR) is 178 cm³/mol. The highest BCUT2D eigenvalue weighted by atomic mass is 15.1. The first-order chi connectivity index (χ1) is 19.8. The van der Waals surface area contributed by atoms with Crippen LogP contribution < -0.4 is 14.7 Å². The molecule has 0 amide bonds. The van der Waals surface area contributed by atoms with E-state index in [1.54, 1.807) is 0 Å². The summed E-state index contributed by atoms with van der Waals surface area (Å²) in [7, 11) is 12.5. The van der Waals surface area contributed by atoms with Crippen LogP contribution in [0.2, 0.25) is 0 Å². The lowest BCUT2D eigenvalue weighted by Crippen LogP contribution is -2.08. The molecule has 0 N–H and O–H groups in total. The van der Waals surface area contributed by atoms with Crippen LogP contribution in [-0.4, -0.2) is 47.3 Å². The number of allylic oxidation sites excluding steroid dienone is 2. The van der Waals surface area contributed by atoms with Crippen molar-refractivity contribution in [1.82, 2.24) is 4.98 Å². The predicted octanol–water partition coefficient (Wildman–Crippen LogP) is 7.92. The summed E-state index contributed by atoms with van der Waals surface area (Å²) in [6, 6.07) is 26.7. The lowest BCUT2D eigenvalue weighted by Gasteiger charge is -2.17. The molecule has 4 aromatic rings. The molecule has 0 spiro atoms. The molecular weight excluding hydrogens is 500 g/mol. The van der Waals surface area contributed by atoms with E-state index in [2.05, 4.69) is 142 Å². The molecule has 4 heteroatoms. The van der Waals surface area contributed by atoms with Crippen LogP contribution in [0.15, 0.2) is 72.8 Å². The molecule has 3 aromatic carbocycles. The minimum absolute atomic E-state index is 1.02. The summed E-state index contributed by atoms with van der Waals surface area (Å²) in [6.07, 6.45) is 8.81. The van der Waals surface area contributed by atoms with Crippen LogP contribution in [0.3, 0.4) is 0 Å². The number of rotatable bonds is 6. The van der Waals surface area contributed by atoms with E-state index in [4.69, 9.17) is 4.98 Å². The van der Waals surface area contributed by atoms with Gasteiger partial charge in [-0.15, -0.1) is 0 Å². The molecule has 2 aliphatic carbocycles. The van der Waals surface area contributed by atoms with E-state index in [9.17, 15) is 0 Å². The van der Waals surface area contributed by atoms with Gasteiger partial charge in [-0.2, -0.15) is 0 Å². The number of hydrogen-bond donors (Lipinski definition) is 0. The fourth-order valence-corrected chi connectivity index (χ4v) is 6.14. The highest BCUT2D eigenvalue weighted by Gasteiger charge is 2.30. The van der Waals surface area contributed by atoms with Crippen molar-refractivity contribution in [3.63, 3.8) is 0 Å². The molecule has 0 saturated heterocycles. The van der Waals surface area contributed by atoms with Crippen molar-refractivity contribution >= 4 is 40.4 Å². The van der Waals surface area contributed by atoms with Crippen molar-refractivity contribution in [3.05, 3.63) is 106 Å². The monoisotopic (exact) mass is 540 g/mol. The molecule has 0 atom stereocenters. The smallest absolute Gasteiger partial charge is 0.0707 e. The van der Waals surface area contributed by atoms with Gasteiger partial charge in [-0.1, -0.05) is 36.4 Å². The first-order valence-corrected chi connectivity index (χ1v) is 14.6. The number of fused-ring (bicyclic) bond motifs is 2. The van der Waals surface area contributed by atoms with Gasteiger partial charge in [-0.25, -0.2) is 4.98 Å². The number of anilines is 3. The SMILES string of the molecule is CN(C)c1ccc(/C=C2\CCc3c2nc2c(c3-c3ccc(N(C)C)cc3)CC/C2=C\c2ccc(N(C)C)cc2)cc1. The Morgan fingerprint density at radius 2 is 0.854 bits per heavy atom. The molecular formula is C37H40N4. The van der Waals surface area contributed by atoms with E-state index in [0.29, 0.717) is 0 Å². The first-order valence-electron chi connectivity index (χ1n) is 14.6. The number of benzene rings is 3. The van der Waals surface area contributed by atoms with Gasteiger partial charge >= 0.3 is 0 Å². The van der Waals surface area contributed by atoms with Gasteiger partial charge in [-0.05, 0) is 119 Å². The minimum Gasteiger partial charge on any atom is -0.378 e. The molecule has 4 nitrogen and oxygen atoms in total. The zero-order chi connectivity index (χ0) is 28.7. The Hall–Kier alpha value is -4.31. The van der Waals surface area contributed by atoms with Crippen LogP contribution in [-0.2, 0) is 12.8 Å². The van der Waals surface area contributed by atoms with Crippen molar-refractivity contribution in [2.24, 2.45) is 0 Å². The van der Waals surface area contributed by atoms with Crippen molar-refractivity contribution in [1.29, 1.82) is 0 Å². The van der Waals surface area contributed by atoms with Crippen molar-refractivity contribution < 1.29 is 0 Å². The van der Waals surface area contributed by atoms with Gasteiger partial charge in [-0.3, -0.25) is 0 Å². The number of hydrogen-bond acceptors (Lipinski definition) is 4. The van der Waals surface area contributed by atoms with Crippen LogP contribution in [0.4, 0.5) is 17.1 Å². The average molecular weight is 541 g/mol. The Kier molecular flexibility index (Phi) is 7.17. The van der Waals surface area contributed by atoms with E-state index >= 15 is 0 Å². The van der Waals surface area contributed by atoms with Crippen molar-refractivity contribution in [2.75, 3.05) is 57.0 Å². The van der Waals surface area contributed by atoms with Crippen LogP contribution in [0.5, 0.6) is 0 Å². The van der Waals surface area contributed by atoms with Crippen LogP contribution in [0, 0.1) is 0 Å². The minimum atomic E-state index is 1.02. The summed E-state index contributed by atoms with van der Waals surface area (Å²) in [5.74, 6) is 0. The summed E-state index contributed by atoms with van der Waals surface area (Å²) in [5, 5.41) is 0. The van der Waals surface area contributed by atoms with Gasteiger partial charge in [0, 0.05) is 59.3 Å². The second-order valence-electron chi connectivity index (χ2n) is 11.9. The molecule has 208 valence electrons. The maximum absolute atomic E-state index is 5.45. The maximum atomic E-state index is 5.45. The number of aromatic nitrogens is 1. The Morgan fingerprint density at radius 3 is 1.22 bits per heavy atom. The quantitative estimate of drug-likeness (QED) is 0.248. The molecule has 6 rings (SSSR count). The summed E-state index contributed by atoms with van der Waals surface area (Å²) in [5.41, 5.74) is 16.7. The molecule has 2 aliphatic rings. The fourth-order valence-electron chi connectivity index (χ4n) is 6.14. The normalized spacial score (nSPS) is 15.8. The lowest BCUT2D eigenvalue weighted by molar-refractivity contribution is 1.05. The van der Waals surface area contributed by atoms with Crippen LogP contribution >= 0.6 is 0 Å². The topological polar surface area (TPSA) is 22.6 Å². The zero-order valence-corrected chi connectivity index (χ0v) is 25.2. The Balaban J connectivity index is 1.47. The van der Waals surface area contributed by atoms with Crippen molar-refractivity contribution in [3.8, 4) is 11.1 Å². The Labute approximate surface area is 245 Å². The third-order valence-electron chi connectivity index (χ3n) is 8.47. The third-order valence-corrected chi connectivity index (χ3v) is 8.47. The molecule has 0 bridgehead atoms. The van der Waals surface area contributed by atoms with E-state index in [0.717, 1.165) is 25.7 Å². The van der Waals surface area contributed by atoms with E-state index in [1.807, 2.05) is 0 Å². The van der Waals surface area contributed by atoms with Crippen molar-refractivity contribution in [2.45, 2.75) is 25.7 Å². The molecule has 0 saturated carbocycles. The van der Waals surface area contributed by atoms with Crippen LogP contribution in [0.1, 0.15) is 46.5 Å².